The van der Waals surface area contributed by atoms with E-state index in [1.807, 2.05) is 36.5 Å². The highest BCUT2D eigenvalue weighted by molar-refractivity contribution is 5.98. The monoisotopic (exact) mass is 774 g/mol. The van der Waals surface area contributed by atoms with Gasteiger partial charge in [-0.3, -0.25) is 9.55 Å². The largest absolute Gasteiger partial charge is 0.507 e. The summed E-state index contributed by atoms with van der Waals surface area (Å²) in [5, 5.41) is 12.1. The number of phenols is 1. The minimum absolute atomic E-state index is 0.0669. The smallest absolute Gasteiger partial charge is 0.149 e. The summed E-state index contributed by atoms with van der Waals surface area (Å²) < 4.78 is 25.7. The van der Waals surface area contributed by atoms with Crippen LogP contribution in [0.25, 0.3) is 72.7 Å². The third-order valence-corrected chi connectivity index (χ3v) is 12.5. The van der Waals surface area contributed by atoms with Crippen molar-refractivity contribution in [2.24, 2.45) is 0 Å². The van der Waals surface area contributed by atoms with E-state index in [2.05, 4.69) is 150 Å². The summed E-state index contributed by atoms with van der Waals surface area (Å²) in [6.07, 6.45) is 3.92. The number of aryl methyl sites for hydroxylation is 1. The van der Waals surface area contributed by atoms with Crippen LogP contribution < -0.4 is 0 Å². The quantitative estimate of drug-likeness (QED) is 0.183. The maximum absolute atomic E-state index is 12.1. The van der Waals surface area contributed by atoms with Crippen molar-refractivity contribution in [1.29, 1.82) is 0 Å². The molecule has 8 aromatic rings. The number of benzene rings is 6. The Balaban J connectivity index is 1.28. The van der Waals surface area contributed by atoms with Gasteiger partial charge < -0.3 is 5.11 Å². The molecule has 6 aromatic carbocycles. The Kier molecular flexibility index (Phi) is 8.38. The fourth-order valence-corrected chi connectivity index (χ4v) is 8.86. The molecule has 0 fully saturated rings. The Morgan fingerprint density at radius 1 is 0.610 bits per heavy atom. The lowest BCUT2D eigenvalue weighted by atomic mass is 9.63. The molecule has 2 heterocycles. The number of aromatic hydroxyl groups is 1. The van der Waals surface area contributed by atoms with E-state index in [4.69, 9.17) is 14.1 Å². The predicted molar refractivity (Wildman–Crippen MR) is 246 cm³/mol. The van der Waals surface area contributed by atoms with Crippen LogP contribution in [0.4, 0.5) is 0 Å². The lowest BCUT2D eigenvalue weighted by Gasteiger charge is -2.42. The van der Waals surface area contributed by atoms with Crippen molar-refractivity contribution in [1.82, 2.24) is 14.5 Å². The molecule has 0 unspecified atom stereocenters. The fourth-order valence-electron chi connectivity index (χ4n) is 8.86. The van der Waals surface area contributed by atoms with Crippen molar-refractivity contribution in [2.75, 3.05) is 0 Å². The van der Waals surface area contributed by atoms with Crippen LogP contribution in [0.5, 0.6) is 5.75 Å². The Morgan fingerprint density at radius 2 is 1.29 bits per heavy atom. The van der Waals surface area contributed by atoms with Gasteiger partial charge >= 0.3 is 0 Å². The molecule has 4 heteroatoms. The third-order valence-electron chi connectivity index (χ3n) is 12.5. The number of rotatable bonds is 6. The van der Waals surface area contributed by atoms with Crippen LogP contribution in [0.15, 0.2) is 146 Å². The van der Waals surface area contributed by atoms with E-state index in [1.54, 1.807) is 12.1 Å². The number of phenolic OH excluding ortho intramolecular Hbond substituents is 1. The molecule has 0 aliphatic heterocycles. The lowest BCUT2D eigenvalue weighted by molar-refractivity contribution is 0.330. The van der Waals surface area contributed by atoms with E-state index in [-0.39, 0.29) is 22.0 Å². The van der Waals surface area contributed by atoms with Gasteiger partial charge in [-0.1, -0.05) is 145 Å². The van der Waals surface area contributed by atoms with Crippen LogP contribution in [0.3, 0.4) is 0 Å². The molecule has 59 heavy (non-hydrogen) atoms. The lowest BCUT2D eigenvalue weighted by Crippen LogP contribution is -2.33. The summed E-state index contributed by atoms with van der Waals surface area (Å²) in [4.78, 5) is 10.5. The first-order valence-electron chi connectivity index (χ1n) is 22.2. The second-order valence-electron chi connectivity index (χ2n) is 18.6. The molecule has 0 saturated heterocycles. The van der Waals surface area contributed by atoms with Gasteiger partial charge in [0, 0.05) is 27.0 Å². The molecule has 4 nitrogen and oxygen atoms in total. The molecule has 0 amide bonds. The average Bonchev–Trinajstić information content (AvgIpc) is 3.64. The van der Waals surface area contributed by atoms with Crippen LogP contribution in [0, 0.1) is 6.85 Å². The molecule has 9 rings (SSSR count). The van der Waals surface area contributed by atoms with Crippen LogP contribution >= 0.6 is 0 Å². The first kappa shape index (κ1) is 34.8. The number of fused-ring (bicyclic) bond motifs is 2. The molecule has 1 aliphatic rings. The first-order chi connectivity index (χ1) is 29.4. The van der Waals surface area contributed by atoms with Gasteiger partial charge in [0.1, 0.15) is 11.6 Å². The molecule has 1 N–H and O–H groups in total. The van der Waals surface area contributed by atoms with E-state index >= 15 is 0 Å². The summed E-state index contributed by atoms with van der Waals surface area (Å²) >= 11 is 0. The zero-order chi connectivity index (χ0) is 43.8. The summed E-state index contributed by atoms with van der Waals surface area (Å²) in [5.74, 6) is 0.905. The zero-order valence-corrected chi connectivity index (χ0v) is 35.1. The van der Waals surface area contributed by atoms with Crippen molar-refractivity contribution in [3.63, 3.8) is 0 Å². The Bertz CT molecular complexity index is 2990. The molecular formula is C55H53N3O. The van der Waals surface area contributed by atoms with Crippen LogP contribution in [-0.2, 0) is 16.2 Å². The second-order valence-corrected chi connectivity index (χ2v) is 18.6. The predicted octanol–water partition coefficient (Wildman–Crippen LogP) is 14.4. The molecule has 1 aliphatic carbocycles. The molecule has 2 aromatic heterocycles. The molecular weight excluding hydrogens is 719 g/mol. The highest BCUT2D eigenvalue weighted by atomic mass is 16.3. The normalized spacial score (nSPS) is 15.6. The van der Waals surface area contributed by atoms with Gasteiger partial charge in [-0.05, 0) is 123 Å². The minimum atomic E-state index is -2.16. The van der Waals surface area contributed by atoms with E-state index in [1.165, 1.54) is 11.1 Å². The van der Waals surface area contributed by atoms with Crippen LogP contribution in [-0.4, -0.2) is 19.6 Å². The highest BCUT2D eigenvalue weighted by Gasteiger charge is 2.38. The van der Waals surface area contributed by atoms with E-state index in [0.29, 0.717) is 17.0 Å². The van der Waals surface area contributed by atoms with Crippen molar-refractivity contribution >= 4 is 11.0 Å². The van der Waals surface area contributed by atoms with Gasteiger partial charge in [0.25, 0.3) is 0 Å². The van der Waals surface area contributed by atoms with Gasteiger partial charge in [-0.25, -0.2) is 4.98 Å². The number of hydrogen-bond donors (Lipinski definition) is 1. The Hall–Kier alpha value is -6.26. The maximum atomic E-state index is 12.1. The molecule has 294 valence electrons. The molecule has 0 radical (unpaired) electrons. The number of pyridine rings is 1. The maximum Gasteiger partial charge on any atom is 0.149 e. The Morgan fingerprint density at radius 3 is 2.02 bits per heavy atom. The summed E-state index contributed by atoms with van der Waals surface area (Å²) in [7, 11) is 0. The SMILES string of the molecule is [2H]C([2H])([2H])c1ccc(-c2ccnc(-c3cc(-c4cccc5c4nc(-c4cc6c(cc4O)C(C)(C)CCC6(C)C)n5-c4ccccc4-c4ccccc4)cc(C(C)(C)C)c3)c2)cc1. The minimum Gasteiger partial charge on any atom is -0.507 e. The topological polar surface area (TPSA) is 50.9 Å². The Labute approximate surface area is 353 Å². The van der Waals surface area contributed by atoms with Gasteiger partial charge in [0.05, 0.1) is 28.0 Å². The first-order valence-corrected chi connectivity index (χ1v) is 20.7. The number of aromatic nitrogens is 3. The number of imidazole rings is 1. The molecule has 0 atom stereocenters. The van der Waals surface area contributed by atoms with Crippen molar-refractivity contribution < 1.29 is 9.22 Å². The van der Waals surface area contributed by atoms with E-state index in [0.717, 1.165) is 79.8 Å². The van der Waals surface area contributed by atoms with Crippen molar-refractivity contribution in [2.45, 2.75) is 84.4 Å². The summed E-state index contributed by atoms with van der Waals surface area (Å²) in [6.45, 7) is 13.7. The van der Waals surface area contributed by atoms with Gasteiger partial charge in [0.2, 0.25) is 0 Å². The van der Waals surface area contributed by atoms with E-state index < -0.39 is 6.85 Å². The van der Waals surface area contributed by atoms with Gasteiger partial charge in [-0.2, -0.15) is 0 Å². The highest BCUT2D eigenvalue weighted by Crippen LogP contribution is 2.50. The van der Waals surface area contributed by atoms with Crippen LogP contribution in [0.1, 0.15) is 87.7 Å². The van der Waals surface area contributed by atoms with Crippen LogP contribution in [0.2, 0.25) is 0 Å². The summed E-state index contributed by atoms with van der Waals surface area (Å²) in [5.41, 5.74) is 14.8. The molecule has 0 bridgehead atoms. The second kappa shape index (κ2) is 14.2. The van der Waals surface area contributed by atoms with E-state index in [9.17, 15) is 5.11 Å². The zero-order valence-electron chi connectivity index (χ0n) is 38.1. The standard InChI is InChI=1S/C55H53N3O/c1-35-21-23-36(24-22-35)38-25-28-56-47(32-38)40-29-39(30-41(31-40)53(2,3)4)43-18-14-20-49-51(43)57-52(58(49)48-19-13-12-17-42(48)37-15-10-9-11-16-37)44-33-45-46(34-50(44)59)55(7,8)27-26-54(45,5)6/h9-25,28-34,59H,26-27H2,1-8H3/i1D3. The molecule has 0 saturated carbocycles. The van der Waals surface area contributed by atoms with Crippen molar-refractivity contribution in [3.05, 3.63) is 168 Å². The van der Waals surface area contributed by atoms with Crippen molar-refractivity contribution in [3.8, 4) is 67.5 Å². The molecule has 0 spiro atoms. The summed E-state index contributed by atoms with van der Waals surface area (Å²) in [6, 6.07) is 47.3. The average molecular weight is 775 g/mol. The van der Waals surface area contributed by atoms with Gasteiger partial charge in [-0.15, -0.1) is 0 Å². The fraction of sp³-hybridized carbons (Fsp3) is 0.236. The number of para-hydroxylation sites is 2. The third kappa shape index (κ3) is 6.95. The van der Waals surface area contributed by atoms with Gasteiger partial charge in [0.15, 0.2) is 0 Å². The number of hydrogen-bond acceptors (Lipinski definition) is 3. The number of nitrogens with zero attached hydrogens (tertiary/aromatic N) is 3.